The van der Waals surface area contributed by atoms with Gasteiger partial charge in [0.1, 0.15) is 5.69 Å². The fourth-order valence-electron chi connectivity index (χ4n) is 1.83. The van der Waals surface area contributed by atoms with Gasteiger partial charge in [-0.25, -0.2) is 0 Å². The summed E-state index contributed by atoms with van der Waals surface area (Å²) < 4.78 is 40.7. The summed E-state index contributed by atoms with van der Waals surface area (Å²) in [4.78, 5) is 0. The third kappa shape index (κ3) is 3.16. The normalized spacial score (nSPS) is 11.8. The van der Waals surface area contributed by atoms with Crippen LogP contribution in [0.2, 0.25) is 0 Å². The summed E-state index contributed by atoms with van der Waals surface area (Å²) >= 11 is 3.28. The summed E-state index contributed by atoms with van der Waals surface area (Å²) in [6, 6.07) is 7.07. The van der Waals surface area contributed by atoms with Crippen LogP contribution < -0.4 is 5.73 Å². The van der Waals surface area contributed by atoms with E-state index in [-0.39, 0.29) is 18.7 Å². The maximum Gasteiger partial charge on any atom is 0.433 e. The monoisotopic (exact) mass is 333 g/mol. The molecule has 102 valence electrons. The van der Waals surface area contributed by atoms with Crippen LogP contribution in [0.4, 0.5) is 13.2 Å². The van der Waals surface area contributed by atoms with E-state index in [0.29, 0.717) is 0 Å². The lowest BCUT2D eigenvalue weighted by atomic mass is 10.2. The van der Waals surface area contributed by atoms with E-state index in [2.05, 4.69) is 21.0 Å². The molecule has 1 heterocycles. The van der Waals surface area contributed by atoms with Crippen LogP contribution in [-0.4, -0.2) is 9.78 Å². The van der Waals surface area contributed by atoms with Crippen molar-refractivity contribution in [3.05, 3.63) is 51.8 Å². The molecule has 0 amide bonds. The Morgan fingerprint density at radius 3 is 2.63 bits per heavy atom. The summed E-state index contributed by atoms with van der Waals surface area (Å²) in [6.45, 7) is -0.137. The highest BCUT2D eigenvalue weighted by molar-refractivity contribution is 9.10. The Balaban J connectivity index is 2.38. The number of nitrogens with zero attached hydrogens (tertiary/aromatic N) is 2. The van der Waals surface area contributed by atoms with Crippen molar-refractivity contribution in [2.24, 2.45) is 5.73 Å². The van der Waals surface area contributed by atoms with E-state index in [1.54, 1.807) is 18.2 Å². The average Bonchev–Trinajstić information content (AvgIpc) is 2.71. The Kier molecular flexibility index (Phi) is 3.96. The summed E-state index contributed by atoms with van der Waals surface area (Å²) in [5.41, 5.74) is 5.27. The molecule has 7 heteroatoms. The number of halogens is 4. The molecule has 0 bridgehead atoms. The first-order chi connectivity index (χ1) is 8.91. The van der Waals surface area contributed by atoms with Crippen molar-refractivity contribution in [3.63, 3.8) is 0 Å². The third-order valence-corrected chi connectivity index (χ3v) is 3.12. The predicted molar refractivity (Wildman–Crippen MR) is 68.4 cm³/mol. The van der Waals surface area contributed by atoms with Crippen LogP contribution in [0.3, 0.4) is 0 Å². The van der Waals surface area contributed by atoms with Gasteiger partial charge in [-0.15, -0.1) is 0 Å². The number of benzene rings is 1. The van der Waals surface area contributed by atoms with Gasteiger partial charge in [-0.2, -0.15) is 18.3 Å². The van der Waals surface area contributed by atoms with E-state index >= 15 is 0 Å². The van der Waals surface area contributed by atoms with Crippen molar-refractivity contribution >= 4 is 15.9 Å². The van der Waals surface area contributed by atoms with E-state index in [1.807, 2.05) is 6.07 Å². The molecule has 0 atom stereocenters. The Labute approximate surface area is 116 Å². The minimum Gasteiger partial charge on any atom is -0.326 e. The molecule has 2 rings (SSSR count). The molecular formula is C12H11BrF3N3. The molecule has 0 spiro atoms. The number of rotatable bonds is 3. The van der Waals surface area contributed by atoms with Crippen molar-refractivity contribution in [2.45, 2.75) is 19.3 Å². The first kappa shape index (κ1) is 14.1. The quantitative estimate of drug-likeness (QED) is 0.937. The smallest absolute Gasteiger partial charge is 0.326 e. The third-order valence-electron chi connectivity index (χ3n) is 2.63. The molecule has 3 nitrogen and oxygen atoms in total. The summed E-state index contributed by atoms with van der Waals surface area (Å²) in [5.74, 6) is 0. The molecule has 2 aromatic rings. The van der Waals surface area contributed by atoms with E-state index in [0.717, 1.165) is 14.7 Å². The van der Waals surface area contributed by atoms with Gasteiger partial charge in [-0.3, -0.25) is 4.68 Å². The van der Waals surface area contributed by atoms with Gasteiger partial charge in [0.2, 0.25) is 0 Å². The SMILES string of the molecule is NCc1cnn(Cc2cccc(Br)c2)c1C(F)(F)F. The molecule has 0 saturated heterocycles. The van der Waals surface area contributed by atoms with Crippen LogP contribution >= 0.6 is 15.9 Å². The Bertz CT molecular complexity index is 578. The molecule has 0 aliphatic carbocycles. The van der Waals surface area contributed by atoms with Crippen LogP contribution in [-0.2, 0) is 19.3 Å². The zero-order valence-electron chi connectivity index (χ0n) is 9.78. The van der Waals surface area contributed by atoms with Crippen LogP contribution in [0.15, 0.2) is 34.9 Å². The van der Waals surface area contributed by atoms with Crippen molar-refractivity contribution in [3.8, 4) is 0 Å². The lowest BCUT2D eigenvalue weighted by molar-refractivity contribution is -0.144. The van der Waals surface area contributed by atoms with Gasteiger partial charge in [0.25, 0.3) is 0 Å². The van der Waals surface area contributed by atoms with Gasteiger partial charge in [0.05, 0.1) is 12.7 Å². The second kappa shape index (κ2) is 5.34. The predicted octanol–water partition coefficient (Wildman–Crippen LogP) is 3.17. The van der Waals surface area contributed by atoms with Crippen molar-refractivity contribution < 1.29 is 13.2 Å². The molecule has 1 aromatic heterocycles. The zero-order chi connectivity index (χ0) is 14.0. The van der Waals surface area contributed by atoms with E-state index in [4.69, 9.17) is 5.73 Å². The summed E-state index contributed by atoms with van der Waals surface area (Å²) in [7, 11) is 0. The van der Waals surface area contributed by atoms with Gasteiger partial charge in [-0.1, -0.05) is 28.1 Å². The number of hydrogen-bond acceptors (Lipinski definition) is 2. The molecule has 0 radical (unpaired) electrons. The average molecular weight is 334 g/mol. The van der Waals surface area contributed by atoms with Crippen LogP contribution in [0.1, 0.15) is 16.8 Å². The van der Waals surface area contributed by atoms with Gasteiger partial charge < -0.3 is 5.73 Å². The lowest BCUT2D eigenvalue weighted by Gasteiger charge is -2.12. The number of aromatic nitrogens is 2. The molecule has 0 unspecified atom stereocenters. The van der Waals surface area contributed by atoms with E-state index in [1.165, 1.54) is 6.20 Å². The van der Waals surface area contributed by atoms with Crippen LogP contribution in [0.25, 0.3) is 0 Å². The maximum atomic E-state index is 13.0. The fraction of sp³-hybridized carbons (Fsp3) is 0.250. The largest absolute Gasteiger partial charge is 0.433 e. The number of hydrogen-bond donors (Lipinski definition) is 1. The lowest BCUT2D eigenvalue weighted by Crippen LogP contribution is -2.18. The summed E-state index contributed by atoms with van der Waals surface area (Å²) in [6.07, 6.45) is -3.29. The maximum absolute atomic E-state index is 13.0. The molecule has 0 aliphatic heterocycles. The van der Waals surface area contributed by atoms with E-state index in [9.17, 15) is 13.2 Å². The first-order valence-corrected chi connectivity index (χ1v) is 6.27. The minimum atomic E-state index is -4.46. The molecule has 2 N–H and O–H groups in total. The van der Waals surface area contributed by atoms with E-state index < -0.39 is 11.9 Å². The molecule has 0 fully saturated rings. The van der Waals surface area contributed by atoms with Crippen LogP contribution in [0, 0.1) is 0 Å². The molecule has 0 saturated carbocycles. The number of alkyl halides is 3. The highest BCUT2D eigenvalue weighted by atomic mass is 79.9. The van der Waals surface area contributed by atoms with Gasteiger partial charge in [-0.05, 0) is 17.7 Å². The minimum absolute atomic E-state index is 0.00231. The molecular weight excluding hydrogens is 323 g/mol. The molecule has 19 heavy (non-hydrogen) atoms. The topological polar surface area (TPSA) is 43.8 Å². The number of nitrogens with two attached hydrogens (primary N) is 1. The second-order valence-corrected chi connectivity index (χ2v) is 4.92. The first-order valence-electron chi connectivity index (χ1n) is 5.48. The zero-order valence-corrected chi connectivity index (χ0v) is 11.4. The van der Waals surface area contributed by atoms with Gasteiger partial charge >= 0.3 is 6.18 Å². The van der Waals surface area contributed by atoms with Crippen molar-refractivity contribution in [1.82, 2.24) is 9.78 Å². The second-order valence-electron chi connectivity index (χ2n) is 4.01. The Morgan fingerprint density at radius 1 is 1.32 bits per heavy atom. The fourth-order valence-corrected chi connectivity index (χ4v) is 2.28. The standard InChI is InChI=1S/C12H11BrF3N3/c13-10-3-1-2-8(4-10)7-19-11(12(14,15)16)9(5-17)6-18-19/h1-4,6H,5,7,17H2. The van der Waals surface area contributed by atoms with Gasteiger partial charge in [0.15, 0.2) is 0 Å². The van der Waals surface area contributed by atoms with Crippen LogP contribution in [0.5, 0.6) is 0 Å². The Morgan fingerprint density at radius 2 is 2.05 bits per heavy atom. The summed E-state index contributed by atoms with van der Waals surface area (Å²) in [5, 5.41) is 3.78. The highest BCUT2D eigenvalue weighted by Gasteiger charge is 2.37. The molecule has 1 aromatic carbocycles. The highest BCUT2D eigenvalue weighted by Crippen LogP contribution is 2.32. The van der Waals surface area contributed by atoms with Gasteiger partial charge in [0, 0.05) is 16.6 Å². The van der Waals surface area contributed by atoms with Crippen molar-refractivity contribution in [1.29, 1.82) is 0 Å². The van der Waals surface area contributed by atoms with Crippen molar-refractivity contribution in [2.75, 3.05) is 0 Å². The molecule has 0 aliphatic rings. The Hall–Kier alpha value is -1.34.